The van der Waals surface area contributed by atoms with Gasteiger partial charge in [-0.05, 0) is 24.3 Å². The lowest BCUT2D eigenvalue weighted by Gasteiger charge is -2.11. The van der Waals surface area contributed by atoms with Crippen molar-refractivity contribution in [1.29, 1.82) is 0 Å². The molecular weight excluding hydrogens is 508 g/mol. The number of benzene rings is 4. The molecule has 0 saturated carbocycles. The van der Waals surface area contributed by atoms with Crippen molar-refractivity contribution < 1.29 is 4.42 Å². The van der Waals surface area contributed by atoms with Gasteiger partial charge in [-0.2, -0.15) is 15.0 Å². The first-order valence-corrected chi connectivity index (χ1v) is 13.4. The second kappa shape index (κ2) is 8.34. The molecule has 4 aromatic carbocycles. The highest BCUT2D eigenvalue weighted by Gasteiger charge is 2.23. The third-order valence-electron chi connectivity index (χ3n) is 7.71. The van der Waals surface area contributed by atoms with Crippen molar-refractivity contribution in [2.24, 2.45) is 0 Å². The Balaban J connectivity index is 1.43. The van der Waals surface area contributed by atoms with Crippen LogP contribution in [0.2, 0.25) is 0 Å². The maximum Gasteiger partial charge on any atom is 0.242 e. The number of para-hydroxylation sites is 3. The Labute approximate surface area is 233 Å². The van der Waals surface area contributed by atoms with E-state index < -0.39 is 0 Å². The lowest BCUT2D eigenvalue weighted by Crippen LogP contribution is -2.10. The summed E-state index contributed by atoms with van der Waals surface area (Å²) in [6.45, 7) is 0. The largest absolute Gasteiger partial charge is 0.439 e. The third-order valence-corrected chi connectivity index (χ3v) is 7.71. The van der Waals surface area contributed by atoms with Crippen LogP contribution >= 0.6 is 0 Å². The van der Waals surface area contributed by atoms with E-state index in [1.807, 2.05) is 77.5 Å². The first-order chi connectivity index (χ1) is 20.3. The Bertz CT molecular complexity index is 2380. The Morgan fingerprint density at radius 1 is 0.512 bits per heavy atom. The average molecular weight is 529 g/mol. The van der Waals surface area contributed by atoms with Crippen molar-refractivity contribution >= 4 is 54.8 Å². The van der Waals surface area contributed by atoms with Gasteiger partial charge in [0.2, 0.25) is 17.6 Å². The maximum atomic E-state index is 6.47. The van der Waals surface area contributed by atoms with Crippen LogP contribution in [0.3, 0.4) is 0 Å². The number of hydrogen-bond acceptors (Lipinski definition) is 5. The summed E-state index contributed by atoms with van der Waals surface area (Å²) in [4.78, 5) is 19.6. The molecule has 5 heterocycles. The molecule has 0 unspecified atom stereocenters. The molecule has 0 spiro atoms. The van der Waals surface area contributed by atoms with Gasteiger partial charge in [-0.15, -0.1) is 0 Å². The third kappa shape index (κ3) is 3.14. The van der Waals surface area contributed by atoms with Crippen LogP contribution in [0.25, 0.3) is 78.1 Å². The van der Waals surface area contributed by atoms with Gasteiger partial charge in [-0.25, -0.2) is 4.57 Å². The molecule has 0 atom stereocenters. The zero-order valence-corrected chi connectivity index (χ0v) is 21.6. The second-order valence-electron chi connectivity index (χ2n) is 10.0. The zero-order chi connectivity index (χ0) is 26.9. The number of pyridine rings is 1. The van der Waals surface area contributed by atoms with Gasteiger partial charge in [-0.1, -0.05) is 84.9 Å². The minimum Gasteiger partial charge on any atom is -0.439 e. The van der Waals surface area contributed by atoms with Crippen molar-refractivity contribution in [2.75, 3.05) is 0 Å². The van der Waals surface area contributed by atoms with E-state index in [-0.39, 0.29) is 0 Å². The molecule has 0 bridgehead atoms. The Morgan fingerprint density at radius 3 is 1.90 bits per heavy atom. The summed E-state index contributed by atoms with van der Waals surface area (Å²) in [7, 11) is 0. The molecular formula is C34H20N6O. The zero-order valence-electron chi connectivity index (χ0n) is 21.6. The van der Waals surface area contributed by atoms with Crippen LogP contribution in [0.5, 0.6) is 0 Å². The molecule has 9 aromatic rings. The number of aromatic nitrogens is 6. The van der Waals surface area contributed by atoms with Crippen molar-refractivity contribution in [2.45, 2.75) is 0 Å². The number of furan rings is 1. The fraction of sp³-hybridized carbons (Fsp3) is 0. The second-order valence-corrected chi connectivity index (χ2v) is 10.0. The minimum absolute atomic E-state index is 0.461. The summed E-state index contributed by atoms with van der Waals surface area (Å²) in [6.07, 6.45) is 3.64. The normalized spacial score (nSPS) is 11.9. The van der Waals surface area contributed by atoms with Gasteiger partial charge in [0.15, 0.2) is 5.82 Å². The van der Waals surface area contributed by atoms with Gasteiger partial charge in [0.25, 0.3) is 0 Å². The molecule has 41 heavy (non-hydrogen) atoms. The molecule has 0 amide bonds. The van der Waals surface area contributed by atoms with Crippen LogP contribution in [0.1, 0.15) is 0 Å². The predicted molar refractivity (Wildman–Crippen MR) is 162 cm³/mol. The predicted octanol–water partition coefficient (Wildman–Crippen LogP) is 7.87. The molecule has 7 nitrogen and oxygen atoms in total. The lowest BCUT2D eigenvalue weighted by molar-refractivity contribution is 0.640. The number of hydrogen-bond donors (Lipinski definition) is 0. The summed E-state index contributed by atoms with van der Waals surface area (Å²) >= 11 is 0. The molecule has 7 heteroatoms. The average Bonchev–Trinajstić information content (AvgIpc) is 3.68. The SMILES string of the molecule is c1ccc(-c2nc(-n3c4ccccc4c4ccccc43)nc(-n3c4cnccc4c4c5ccccc5oc43)n2)cc1. The molecule has 0 aliphatic rings. The fourth-order valence-corrected chi connectivity index (χ4v) is 5.94. The van der Waals surface area contributed by atoms with E-state index in [0.29, 0.717) is 23.4 Å². The standard InChI is InChI=1S/C34H20N6O/c1-2-10-21(11-3-1)31-36-33(39-26-15-7-4-12-22(26)23-13-5-8-16-27(23)39)38-34(37-31)40-28-20-35-19-18-24(28)30-25-14-6-9-17-29(25)41-32(30)40/h1-20H. The maximum absolute atomic E-state index is 6.47. The molecule has 192 valence electrons. The van der Waals surface area contributed by atoms with E-state index >= 15 is 0 Å². The van der Waals surface area contributed by atoms with Crippen molar-refractivity contribution in [1.82, 2.24) is 29.1 Å². The van der Waals surface area contributed by atoms with Gasteiger partial charge in [-0.3, -0.25) is 9.55 Å². The highest BCUT2D eigenvalue weighted by Crippen LogP contribution is 2.38. The summed E-state index contributed by atoms with van der Waals surface area (Å²) in [6, 6.07) is 36.8. The van der Waals surface area contributed by atoms with Crippen LogP contribution in [0, 0.1) is 0 Å². The molecule has 0 N–H and O–H groups in total. The van der Waals surface area contributed by atoms with Gasteiger partial charge >= 0.3 is 0 Å². The van der Waals surface area contributed by atoms with E-state index in [1.165, 1.54) is 0 Å². The van der Waals surface area contributed by atoms with E-state index in [1.54, 1.807) is 6.20 Å². The summed E-state index contributed by atoms with van der Waals surface area (Å²) in [5.74, 6) is 1.56. The summed E-state index contributed by atoms with van der Waals surface area (Å²) < 4.78 is 10.5. The first-order valence-electron chi connectivity index (χ1n) is 13.4. The molecule has 0 radical (unpaired) electrons. The molecule has 5 aromatic heterocycles. The van der Waals surface area contributed by atoms with Crippen molar-refractivity contribution in [3.05, 3.63) is 122 Å². The summed E-state index contributed by atoms with van der Waals surface area (Å²) in [5, 5.41) is 5.36. The van der Waals surface area contributed by atoms with Gasteiger partial charge < -0.3 is 4.42 Å². The van der Waals surface area contributed by atoms with Crippen LogP contribution < -0.4 is 0 Å². The Morgan fingerprint density at radius 2 is 1.15 bits per heavy atom. The van der Waals surface area contributed by atoms with Crippen LogP contribution in [-0.2, 0) is 0 Å². The molecule has 0 aliphatic carbocycles. The first kappa shape index (κ1) is 22.0. The molecule has 9 rings (SSSR count). The quantitative estimate of drug-likeness (QED) is 0.233. The molecule has 0 aliphatic heterocycles. The Kier molecular flexibility index (Phi) is 4.48. The summed E-state index contributed by atoms with van der Waals surface area (Å²) in [5.41, 5.74) is 5.30. The molecule has 0 fully saturated rings. The van der Waals surface area contributed by atoms with Crippen molar-refractivity contribution in [3.63, 3.8) is 0 Å². The lowest BCUT2D eigenvalue weighted by atomic mass is 10.1. The van der Waals surface area contributed by atoms with Gasteiger partial charge in [0, 0.05) is 33.3 Å². The minimum atomic E-state index is 0.461. The fourth-order valence-electron chi connectivity index (χ4n) is 5.94. The number of nitrogens with zero attached hydrogens (tertiary/aromatic N) is 6. The highest BCUT2D eigenvalue weighted by atomic mass is 16.3. The number of rotatable bonds is 3. The molecule has 0 saturated heterocycles. The number of fused-ring (bicyclic) bond motifs is 8. The van der Waals surface area contributed by atoms with Crippen molar-refractivity contribution in [3.8, 4) is 23.3 Å². The highest BCUT2D eigenvalue weighted by molar-refractivity contribution is 6.19. The smallest absolute Gasteiger partial charge is 0.242 e. The van der Waals surface area contributed by atoms with Gasteiger partial charge in [0.05, 0.1) is 28.1 Å². The topological polar surface area (TPSA) is 74.6 Å². The van der Waals surface area contributed by atoms with E-state index in [2.05, 4.69) is 52.0 Å². The Hall–Kier alpha value is -5.82. The van der Waals surface area contributed by atoms with Crippen LogP contribution in [0.15, 0.2) is 126 Å². The van der Waals surface area contributed by atoms with E-state index in [0.717, 1.165) is 54.6 Å². The van der Waals surface area contributed by atoms with E-state index in [9.17, 15) is 0 Å². The van der Waals surface area contributed by atoms with E-state index in [4.69, 9.17) is 19.4 Å². The van der Waals surface area contributed by atoms with Gasteiger partial charge in [0.1, 0.15) is 5.58 Å². The van der Waals surface area contributed by atoms with Crippen LogP contribution in [-0.4, -0.2) is 29.1 Å². The monoisotopic (exact) mass is 528 g/mol. The van der Waals surface area contributed by atoms with Crippen LogP contribution in [0.4, 0.5) is 0 Å².